The molecule has 3 rings (SSSR count). The molecule has 2 aliphatic rings. The van der Waals surface area contributed by atoms with Gasteiger partial charge >= 0.3 is 0 Å². The number of hydrogen-bond donors (Lipinski definition) is 0. The van der Waals surface area contributed by atoms with Crippen LogP contribution in [0.25, 0.3) is 0 Å². The molecule has 1 aromatic heterocycles. The Hall–Kier alpha value is -0.590. The fourth-order valence-electron chi connectivity index (χ4n) is 2.50. The van der Waals surface area contributed by atoms with E-state index >= 15 is 0 Å². The Labute approximate surface area is 120 Å². The lowest BCUT2D eigenvalue weighted by molar-refractivity contribution is 0.0984. The monoisotopic (exact) mass is 303 g/mol. The molecule has 1 unspecified atom stereocenters. The van der Waals surface area contributed by atoms with Crippen molar-refractivity contribution in [2.45, 2.75) is 30.6 Å². The largest absolute Gasteiger partial charge is 0.377 e. The highest BCUT2D eigenvalue weighted by atomic mass is 35.5. The Morgan fingerprint density at radius 2 is 2.32 bits per heavy atom. The van der Waals surface area contributed by atoms with Gasteiger partial charge in [0.05, 0.1) is 24.9 Å². The summed E-state index contributed by atoms with van der Waals surface area (Å²) in [5, 5.41) is -1.37. The maximum atomic E-state index is 14.4. The molecule has 1 aromatic rings. The number of alkyl halides is 1. The van der Waals surface area contributed by atoms with E-state index in [0.29, 0.717) is 24.7 Å². The second-order valence-corrected chi connectivity index (χ2v) is 6.65. The lowest BCUT2D eigenvalue weighted by Gasteiger charge is -2.35. The molecule has 2 aliphatic heterocycles. The Balaban J connectivity index is 2.07. The summed E-state index contributed by atoms with van der Waals surface area (Å²) in [6.07, 6.45) is 0. The van der Waals surface area contributed by atoms with Gasteiger partial charge < -0.3 is 9.64 Å². The van der Waals surface area contributed by atoms with Gasteiger partial charge in [0.1, 0.15) is 5.82 Å². The summed E-state index contributed by atoms with van der Waals surface area (Å²) in [6, 6.07) is 0.209. The number of fused-ring (bicyclic) bond motifs is 1. The molecule has 1 saturated heterocycles. The van der Waals surface area contributed by atoms with Crippen molar-refractivity contribution in [3.05, 3.63) is 16.5 Å². The molecule has 0 bridgehead atoms. The maximum absolute atomic E-state index is 14.4. The molecule has 2 atom stereocenters. The van der Waals surface area contributed by atoms with E-state index in [2.05, 4.69) is 21.8 Å². The number of nitrogens with zero attached hydrogens (tertiary/aromatic N) is 3. The van der Waals surface area contributed by atoms with Gasteiger partial charge in [-0.3, -0.25) is 0 Å². The lowest BCUT2D eigenvalue weighted by Crippen LogP contribution is -2.44. The predicted octanol–water partition coefficient (Wildman–Crippen LogP) is 2.74. The van der Waals surface area contributed by atoms with E-state index in [-0.39, 0.29) is 11.3 Å². The number of anilines is 1. The smallest absolute Gasteiger partial charge is 0.224 e. The Morgan fingerprint density at radius 1 is 1.53 bits per heavy atom. The molecule has 0 N–H and O–H groups in total. The number of hydrogen-bond acceptors (Lipinski definition) is 5. The van der Waals surface area contributed by atoms with Crippen molar-refractivity contribution >= 4 is 29.2 Å². The number of thioether (sulfide) groups is 1. The van der Waals surface area contributed by atoms with E-state index < -0.39 is 5.00 Å². The standard InChI is InChI=1S/C12H15ClFN3OS/c1-7-5-18-4-3-17(7)10-8-6-19-12(2,14)9(8)15-11(13)16-10/h7H,3-6H2,1-2H3/t7-,12?/m0/s1. The molecule has 0 aromatic carbocycles. The van der Waals surface area contributed by atoms with Gasteiger partial charge in [0.15, 0.2) is 5.00 Å². The topological polar surface area (TPSA) is 38.2 Å². The van der Waals surface area contributed by atoms with Crippen LogP contribution in [0.4, 0.5) is 10.2 Å². The molecule has 1 fully saturated rings. The number of morpholine rings is 1. The lowest BCUT2D eigenvalue weighted by atomic mass is 10.1. The van der Waals surface area contributed by atoms with Crippen LogP contribution in [0, 0.1) is 0 Å². The normalized spacial score (nSPS) is 30.5. The molecule has 7 heteroatoms. The Morgan fingerprint density at radius 3 is 3.05 bits per heavy atom. The Kier molecular flexibility index (Phi) is 3.35. The molecule has 3 heterocycles. The molecular formula is C12H15ClFN3OS. The van der Waals surface area contributed by atoms with Crippen LogP contribution in [0.1, 0.15) is 25.1 Å². The van der Waals surface area contributed by atoms with Crippen LogP contribution in [-0.4, -0.2) is 35.8 Å². The van der Waals surface area contributed by atoms with Crippen molar-refractivity contribution in [2.75, 3.05) is 24.7 Å². The quantitative estimate of drug-likeness (QED) is 0.746. The van der Waals surface area contributed by atoms with Gasteiger partial charge in [-0.25, -0.2) is 14.4 Å². The minimum absolute atomic E-state index is 0.110. The van der Waals surface area contributed by atoms with Crippen LogP contribution in [0.5, 0.6) is 0 Å². The number of aromatic nitrogens is 2. The van der Waals surface area contributed by atoms with Crippen molar-refractivity contribution < 1.29 is 9.13 Å². The molecule has 0 amide bonds. The van der Waals surface area contributed by atoms with Crippen molar-refractivity contribution in [1.29, 1.82) is 0 Å². The number of halogens is 2. The fourth-order valence-corrected chi connectivity index (χ4v) is 3.65. The average Bonchev–Trinajstić information content (AvgIpc) is 2.65. The van der Waals surface area contributed by atoms with Crippen molar-refractivity contribution in [3.8, 4) is 0 Å². The van der Waals surface area contributed by atoms with Crippen molar-refractivity contribution in [2.24, 2.45) is 0 Å². The molecule has 0 spiro atoms. The van der Waals surface area contributed by atoms with Gasteiger partial charge in [0.25, 0.3) is 0 Å². The second-order valence-electron chi connectivity index (χ2n) is 4.97. The number of rotatable bonds is 1. The van der Waals surface area contributed by atoms with Crippen LogP contribution in [0.15, 0.2) is 0 Å². The Bertz CT molecular complexity index is 514. The van der Waals surface area contributed by atoms with E-state index in [1.807, 2.05) is 0 Å². The maximum Gasteiger partial charge on any atom is 0.224 e. The van der Waals surface area contributed by atoms with Gasteiger partial charge in [-0.2, -0.15) is 0 Å². The van der Waals surface area contributed by atoms with Crippen LogP contribution in [0.2, 0.25) is 5.28 Å². The summed E-state index contributed by atoms with van der Waals surface area (Å²) < 4.78 is 19.8. The van der Waals surface area contributed by atoms with Gasteiger partial charge in [0.2, 0.25) is 5.28 Å². The SMILES string of the molecule is C[C@H]1COCCN1c1nc(Cl)nc2c1CSC2(C)F. The van der Waals surface area contributed by atoms with Gasteiger partial charge in [-0.15, -0.1) is 11.8 Å². The summed E-state index contributed by atoms with van der Waals surface area (Å²) in [5.41, 5.74) is 1.29. The fraction of sp³-hybridized carbons (Fsp3) is 0.667. The molecule has 19 heavy (non-hydrogen) atoms. The molecule has 104 valence electrons. The first-order valence-electron chi connectivity index (χ1n) is 6.23. The van der Waals surface area contributed by atoms with Gasteiger partial charge in [-0.1, -0.05) is 0 Å². The zero-order valence-electron chi connectivity index (χ0n) is 10.8. The van der Waals surface area contributed by atoms with E-state index in [0.717, 1.165) is 17.9 Å². The summed E-state index contributed by atoms with van der Waals surface area (Å²) >= 11 is 7.20. The molecule has 0 saturated carbocycles. The van der Waals surface area contributed by atoms with Crippen LogP contribution < -0.4 is 4.90 Å². The average molecular weight is 304 g/mol. The van der Waals surface area contributed by atoms with Gasteiger partial charge in [-0.05, 0) is 25.4 Å². The van der Waals surface area contributed by atoms with Crippen LogP contribution >= 0.6 is 23.4 Å². The zero-order chi connectivity index (χ0) is 13.6. The van der Waals surface area contributed by atoms with Crippen molar-refractivity contribution in [3.63, 3.8) is 0 Å². The third-order valence-electron chi connectivity index (χ3n) is 3.51. The van der Waals surface area contributed by atoms with E-state index in [4.69, 9.17) is 16.3 Å². The third-order valence-corrected chi connectivity index (χ3v) is 4.85. The molecule has 4 nitrogen and oxygen atoms in total. The number of ether oxygens (including phenoxy) is 1. The first-order valence-corrected chi connectivity index (χ1v) is 7.59. The summed E-state index contributed by atoms with van der Waals surface area (Å²) in [5.74, 6) is 1.35. The summed E-state index contributed by atoms with van der Waals surface area (Å²) in [6.45, 7) is 5.64. The molecule has 0 radical (unpaired) electrons. The van der Waals surface area contributed by atoms with Crippen molar-refractivity contribution in [1.82, 2.24) is 9.97 Å². The van der Waals surface area contributed by atoms with Crippen LogP contribution in [0.3, 0.4) is 0 Å². The summed E-state index contributed by atoms with van der Waals surface area (Å²) in [7, 11) is 0. The first-order chi connectivity index (χ1) is 8.99. The highest BCUT2D eigenvalue weighted by molar-refractivity contribution is 7.99. The third kappa shape index (κ3) is 2.30. The van der Waals surface area contributed by atoms with E-state index in [1.165, 1.54) is 18.7 Å². The van der Waals surface area contributed by atoms with Crippen LogP contribution in [-0.2, 0) is 15.5 Å². The first kappa shape index (κ1) is 13.4. The highest BCUT2D eigenvalue weighted by Gasteiger charge is 2.40. The summed E-state index contributed by atoms with van der Waals surface area (Å²) in [4.78, 5) is 10.6. The van der Waals surface area contributed by atoms with Gasteiger partial charge in [0, 0.05) is 17.9 Å². The van der Waals surface area contributed by atoms with E-state index in [1.54, 1.807) is 0 Å². The molecular weight excluding hydrogens is 289 g/mol. The molecule has 0 aliphatic carbocycles. The minimum atomic E-state index is -1.48. The highest BCUT2D eigenvalue weighted by Crippen LogP contribution is 2.49. The predicted molar refractivity (Wildman–Crippen MR) is 74.4 cm³/mol. The van der Waals surface area contributed by atoms with E-state index in [9.17, 15) is 4.39 Å². The minimum Gasteiger partial charge on any atom is -0.377 e. The zero-order valence-corrected chi connectivity index (χ0v) is 12.4. The second kappa shape index (κ2) is 4.75.